The van der Waals surface area contributed by atoms with E-state index in [1.807, 2.05) is 18.7 Å². The minimum absolute atomic E-state index is 0. The van der Waals surface area contributed by atoms with Crippen molar-refractivity contribution in [3.8, 4) is 0 Å². The number of amides is 1. The molecule has 0 aliphatic heterocycles. The lowest BCUT2D eigenvalue weighted by Crippen LogP contribution is -2.39. The predicted molar refractivity (Wildman–Crippen MR) is 115 cm³/mol. The molecule has 1 rings (SSSR count). The van der Waals surface area contributed by atoms with Gasteiger partial charge in [0.1, 0.15) is 6.54 Å². The molecule has 24 heavy (non-hydrogen) atoms. The highest BCUT2D eigenvalue weighted by Gasteiger charge is 2.03. The first kappa shape index (κ1) is 23.0. The van der Waals surface area contributed by atoms with E-state index in [0.717, 1.165) is 24.6 Å². The number of thioether (sulfide) groups is 1. The van der Waals surface area contributed by atoms with Crippen LogP contribution in [0.25, 0.3) is 0 Å². The van der Waals surface area contributed by atoms with Crippen molar-refractivity contribution in [3.63, 3.8) is 0 Å². The molecule has 136 valence electrons. The lowest BCUT2D eigenvalue weighted by Gasteiger charge is -2.12. The molecule has 0 heterocycles. The van der Waals surface area contributed by atoms with E-state index in [4.69, 9.17) is 0 Å². The number of likely N-dealkylation sites (N-methyl/N-ethyl adjacent to an activating group) is 1. The van der Waals surface area contributed by atoms with Gasteiger partial charge in [-0.1, -0.05) is 29.8 Å². The van der Waals surface area contributed by atoms with Gasteiger partial charge in [-0.05, 0) is 19.4 Å². The fourth-order valence-electron chi connectivity index (χ4n) is 1.75. The summed E-state index contributed by atoms with van der Waals surface area (Å²) in [5.41, 5.74) is 2.64. The largest absolute Gasteiger partial charge is 0.357 e. The van der Waals surface area contributed by atoms with Crippen LogP contribution in [0.3, 0.4) is 0 Å². The number of guanidine groups is 1. The van der Waals surface area contributed by atoms with E-state index in [-0.39, 0.29) is 36.4 Å². The van der Waals surface area contributed by atoms with Crippen LogP contribution in [0, 0.1) is 6.92 Å². The fourth-order valence-corrected chi connectivity index (χ4v) is 2.56. The topological polar surface area (TPSA) is 56.7 Å². The van der Waals surface area contributed by atoms with Crippen LogP contribution in [-0.4, -0.2) is 56.2 Å². The van der Waals surface area contributed by atoms with Gasteiger partial charge in [-0.3, -0.25) is 4.79 Å². The average Bonchev–Trinajstić information content (AvgIpc) is 2.53. The number of nitrogens with zero attached hydrogens (tertiary/aromatic N) is 2. The summed E-state index contributed by atoms with van der Waals surface area (Å²) in [4.78, 5) is 17.4. The SMILES string of the molecule is CCNC(=NCC(=O)N(C)C)NCCSCc1ccc(C)cc1.I. The van der Waals surface area contributed by atoms with Crippen LogP contribution in [0.15, 0.2) is 29.3 Å². The van der Waals surface area contributed by atoms with E-state index in [9.17, 15) is 4.79 Å². The maximum absolute atomic E-state index is 11.6. The molecule has 0 fully saturated rings. The molecular formula is C17H29IN4OS. The number of carbonyl (C=O) groups excluding carboxylic acids is 1. The molecule has 1 amide bonds. The molecule has 1 aromatic rings. The van der Waals surface area contributed by atoms with Gasteiger partial charge in [-0.2, -0.15) is 11.8 Å². The minimum Gasteiger partial charge on any atom is -0.357 e. The standard InChI is InChI=1S/C17H28N4OS.HI/c1-5-18-17(20-12-16(22)21(3)4)19-10-11-23-13-15-8-6-14(2)7-9-15;/h6-9H,5,10-13H2,1-4H3,(H2,18,19,20);1H. The normalized spacial score (nSPS) is 10.8. The highest BCUT2D eigenvalue weighted by molar-refractivity contribution is 14.0. The van der Waals surface area contributed by atoms with Crippen LogP contribution in [-0.2, 0) is 10.5 Å². The molecule has 0 aliphatic carbocycles. The molecule has 2 N–H and O–H groups in total. The molecule has 0 atom stereocenters. The van der Waals surface area contributed by atoms with Crippen LogP contribution in [0.1, 0.15) is 18.1 Å². The monoisotopic (exact) mass is 464 g/mol. The molecule has 7 heteroatoms. The van der Waals surface area contributed by atoms with Crippen LogP contribution in [0.5, 0.6) is 0 Å². The number of hydrogen-bond donors (Lipinski definition) is 2. The maximum Gasteiger partial charge on any atom is 0.243 e. The van der Waals surface area contributed by atoms with Crippen molar-refractivity contribution < 1.29 is 4.79 Å². The number of benzene rings is 1. The Hall–Kier alpha value is -0.960. The summed E-state index contributed by atoms with van der Waals surface area (Å²) in [5, 5.41) is 6.41. The number of carbonyl (C=O) groups is 1. The second kappa shape index (κ2) is 13.3. The fraction of sp³-hybridized carbons (Fsp3) is 0.529. The zero-order valence-corrected chi connectivity index (χ0v) is 18.1. The lowest BCUT2D eigenvalue weighted by molar-refractivity contribution is -0.127. The van der Waals surface area contributed by atoms with Crippen molar-refractivity contribution in [2.24, 2.45) is 4.99 Å². The molecule has 0 bridgehead atoms. The summed E-state index contributed by atoms with van der Waals surface area (Å²) in [6.45, 7) is 5.87. The van der Waals surface area contributed by atoms with Crippen molar-refractivity contribution in [1.29, 1.82) is 0 Å². The molecule has 1 aromatic carbocycles. The Kier molecular flexibility index (Phi) is 12.8. The molecule has 0 aromatic heterocycles. The molecule has 0 unspecified atom stereocenters. The number of hydrogen-bond acceptors (Lipinski definition) is 3. The molecule has 0 radical (unpaired) electrons. The Balaban J connectivity index is 0.00000529. The van der Waals surface area contributed by atoms with Gasteiger partial charge in [0.25, 0.3) is 0 Å². The zero-order valence-electron chi connectivity index (χ0n) is 15.0. The Morgan fingerprint density at radius 2 is 1.88 bits per heavy atom. The van der Waals surface area contributed by atoms with Crippen LogP contribution < -0.4 is 10.6 Å². The quantitative estimate of drug-likeness (QED) is 0.269. The summed E-state index contributed by atoms with van der Waals surface area (Å²) >= 11 is 1.88. The molecule has 0 aliphatic rings. The number of halogens is 1. The van der Waals surface area contributed by atoms with Crippen molar-refractivity contribution in [3.05, 3.63) is 35.4 Å². The molecule has 5 nitrogen and oxygen atoms in total. The predicted octanol–water partition coefficient (Wildman–Crippen LogP) is 2.49. The lowest BCUT2D eigenvalue weighted by atomic mass is 10.2. The molecule has 0 saturated carbocycles. The van der Waals surface area contributed by atoms with Crippen LogP contribution >= 0.6 is 35.7 Å². The second-order valence-electron chi connectivity index (χ2n) is 5.45. The Bertz CT molecular complexity index is 506. The van der Waals surface area contributed by atoms with E-state index in [0.29, 0.717) is 5.96 Å². The summed E-state index contributed by atoms with van der Waals surface area (Å²) in [6, 6.07) is 8.64. The summed E-state index contributed by atoms with van der Waals surface area (Å²) in [5.74, 6) is 2.68. The summed E-state index contributed by atoms with van der Waals surface area (Å²) < 4.78 is 0. The smallest absolute Gasteiger partial charge is 0.243 e. The van der Waals surface area contributed by atoms with E-state index in [1.54, 1.807) is 19.0 Å². The highest BCUT2D eigenvalue weighted by Crippen LogP contribution is 2.12. The number of aliphatic imine (C=N–C) groups is 1. The Morgan fingerprint density at radius 1 is 1.21 bits per heavy atom. The van der Waals surface area contributed by atoms with Crippen molar-refractivity contribution in [1.82, 2.24) is 15.5 Å². The second-order valence-corrected chi connectivity index (χ2v) is 6.55. The highest BCUT2D eigenvalue weighted by atomic mass is 127. The van der Waals surface area contributed by atoms with Crippen molar-refractivity contribution in [2.75, 3.05) is 39.5 Å². The van der Waals surface area contributed by atoms with E-state index >= 15 is 0 Å². The van der Waals surface area contributed by atoms with Crippen LogP contribution in [0.2, 0.25) is 0 Å². The number of rotatable bonds is 8. The third-order valence-corrected chi connectivity index (χ3v) is 4.17. The van der Waals surface area contributed by atoms with Gasteiger partial charge in [0.05, 0.1) is 0 Å². The van der Waals surface area contributed by atoms with Gasteiger partial charge in [0, 0.05) is 38.7 Å². The van der Waals surface area contributed by atoms with E-state index < -0.39 is 0 Å². The maximum atomic E-state index is 11.6. The van der Waals surface area contributed by atoms with Crippen molar-refractivity contribution in [2.45, 2.75) is 19.6 Å². The molecule has 0 saturated heterocycles. The average molecular weight is 464 g/mol. The number of nitrogens with one attached hydrogen (secondary N) is 2. The Labute approximate surface area is 167 Å². The van der Waals surface area contributed by atoms with E-state index in [1.165, 1.54) is 11.1 Å². The van der Waals surface area contributed by atoms with Crippen LogP contribution in [0.4, 0.5) is 0 Å². The van der Waals surface area contributed by atoms with Gasteiger partial charge in [-0.15, -0.1) is 24.0 Å². The van der Waals surface area contributed by atoms with Gasteiger partial charge in [0.2, 0.25) is 5.91 Å². The van der Waals surface area contributed by atoms with E-state index in [2.05, 4.69) is 46.8 Å². The third-order valence-electron chi connectivity index (χ3n) is 3.14. The van der Waals surface area contributed by atoms with Gasteiger partial charge in [0.15, 0.2) is 5.96 Å². The first-order valence-corrected chi connectivity index (χ1v) is 9.04. The van der Waals surface area contributed by atoms with Crippen molar-refractivity contribution >= 4 is 47.6 Å². The minimum atomic E-state index is -0.00375. The molecule has 0 spiro atoms. The number of aryl methyl sites for hydroxylation is 1. The van der Waals surface area contributed by atoms with Gasteiger partial charge >= 0.3 is 0 Å². The summed E-state index contributed by atoms with van der Waals surface area (Å²) in [7, 11) is 3.47. The first-order valence-electron chi connectivity index (χ1n) is 7.88. The molecular weight excluding hydrogens is 435 g/mol. The Morgan fingerprint density at radius 3 is 2.46 bits per heavy atom. The van der Waals surface area contributed by atoms with Gasteiger partial charge in [-0.25, -0.2) is 4.99 Å². The third kappa shape index (κ3) is 10.0. The first-order chi connectivity index (χ1) is 11.0. The zero-order chi connectivity index (χ0) is 17.1. The van der Waals surface area contributed by atoms with Gasteiger partial charge < -0.3 is 15.5 Å². The summed E-state index contributed by atoms with van der Waals surface area (Å²) in [6.07, 6.45) is 0.